The van der Waals surface area contributed by atoms with Crippen LogP contribution in [0.1, 0.15) is 39.9 Å². The summed E-state index contributed by atoms with van der Waals surface area (Å²) in [5.41, 5.74) is 1.22. The minimum atomic E-state index is -0.342. The van der Waals surface area contributed by atoms with E-state index in [2.05, 4.69) is 28.3 Å². The Balaban J connectivity index is 1.50. The summed E-state index contributed by atoms with van der Waals surface area (Å²) in [6, 6.07) is 2.17. The summed E-state index contributed by atoms with van der Waals surface area (Å²) >= 11 is 1.55. The molecular weight excluding hydrogens is 340 g/mol. The maximum absolute atomic E-state index is 12.8. The predicted molar refractivity (Wildman–Crippen MR) is 92.8 cm³/mol. The highest BCUT2D eigenvalue weighted by molar-refractivity contribution is 7.14. The number of rotatable bonds is 4. The number of carbonyl (C=O) groups excluding carboxylic acids is 2. The van der Waals surface area contributed by atoms with E-state index in [9.17, 15) is 14.7 Å². The van der Waals surface area contributed by atoms with Crippen molar-refractivity contribution in [2.45, 2.75) is 31.6 Å². The number of aromatic nitrogens is 2. The molecule has 1 spiro atoms. The normalized spacial score (nSPS) is 17.5. The van der Waals surface area contributed by atoms with Crippen molar-refractivity contribution < 1.29 is 14.7 Å². The molecule has 1 aliphatic carbocycles. The van der Waals surface area contributed by atoms with Gasteiger partial charge in [0.05, 0.1) is 17.3 Å². The van der Waals surface area contributed by atoms with Gasteiger partial charge in [-0.05, 0) is 30.9 Å². The molecule has 0 unspecified atom stereocenters. The fourth-order valence-corrected chi connectivity index (χ4v) is 4.45. The van der Waals surface area contributed by atoms with Gasteiger partial charge in [-0.25, -0.2) is 9.97 Å². The molecule has 2 N–H and O–H groups in total. The summed E-state index contributed by atoms with van der Waals surface area (Å²) in [5, 5.41) is 11.7. The van der Waals surface area contributed by atoms with Crippen molar-refractivity contribution in [2.75, 3.05) is 18.4 Å². The van der Waals surface area contributed by atoms with Crippen LogP contribution in [0.15, 0.2) is 18.5 Å². The highest BCUT2D eigenvalue weighted by Gasteiger charge is 2.52. The van der Waals surface area contributed by atoms with Gasteiger partial charge < -0.3 is 10.0 Å². The van der Waals surface area contributed by atoms with Gasteiger partial charge in [0, 0.05) is 16.8 Å². The van der Waals surface area contributed by atoms with Crippen molar-refractivity contribution in [3.05, 3.63) is 33.8 Å². The number of nitrogens with zero attached hydrogens (tertiary/aromatic N) is 3. The second-order valence-electron chi connectivity index (χ2n) is 6.56. The molecule has 1 aliphatic heterocycles. The number of hydrogen-bond acceptors (Lipinski definition) is 6. The van der Waals surface area contributed by atoms with Crippen LogP contribution in [0.3, 0.4) is 0 Å². The molecule has 4 rings (SSSR count). The zero-order valence-corrected chi connectivity index (χ0v) is 14.6. The van der Waals surface area contributed by atoms with Crippen LogP contribution in [0.25, 0.3) is 0 Å². The number of carbonyl (C=O) groups is 2. The monoisotopic (exact) mass is 358 g/mol. The Morgan fingerprint density at radius 2 is 2.12 bits per heavy atom. The minimum absolute atomic E-state index is 0.0242. The maximum atomic E-state index is 12.8. The maximum Gasteiger partial charge on any atom is 0.264 e. The number of amides is 2. The third kappa shape index (κ3) is 2.86. The topological polar surface area (TPSA) is 95.4 Å². The van der Waals surface area contributed by atoms with E-state index >= 15 is 0 Å². The number of fused-ring (bicyclic) bond motifs is 2. The SMILES string of the molecule is CCc1cc2c(s1)C(=O)N(CC(=O)Nc1ncc(O)cn1)CC21CC1. The fraction of sp³-hybridized carbons (Fsp3) is 0.412. The molecule has 1 saturated carbocycles. The van der Waals surface area contributed by atoms with Gasteiger partial charge in [0.25, 0.3) is 5.91 Å². The lowest BCUT2D eigenvalue weighted by atomic mass is 9.91. The van der Waals surface area contributed by atoms with Gasteiger partial charge in [-0.15, -0.1) is 11.3 Å². The summed E-state index contributed by atoms with van der Waals surface area (Å²) in [6.07, 6.45) is 5.45. The molecule has 2 amide bonds. The second-order valence-corrected chi connectivity index (χ2v) is 7.70. The van der Waals surface area contributed by atoms with Gasteiger partial charge >= 0.3 is 0 Å². The lowest BCUT2D eigenvalue weighted by molar-refractivity contribution is -0.117. The summed E-state index contributed by atoms with van der Waals surface area (Å²) in [5.74, 6) is -0.375. The van der Waals surface area contributed by atoms with Crippen LogP contribution in [0, 0.1) is 0 Å². The average Bonchev–Trinajstić information content (AvgIpc) is 3.21. The van der Waals surface area contributed by atoms with Crippen LogP contribution in [-0.2, 0) is 16.6 Å². The minimum Gasteiger partial charge on any atom is -0.505 e. The Kier molecular flexibility index (Phi) is 3.72. The van der Waals surface area contributed by atoms with E-state index in [1.807, 2.05) is 0 Å². The largest absolute Gasteiger partial charge is 0.505 e. The van der Waals surface area contributed by atoms with Crippen LogP contribution >= 0.6 is 11.3 Å². The Labute approximate surface area is 148 Å². The van der Waals surface area contributed by atoms with Gasteiger partial charge in [-0.2, -0.15) is 0 Å². The van der Waals surface area contributed by atoms with Gasteiger partial charge in [0.1, 0.15) is 6.54 Å². The third-order valence-electron chi connectivity index (χ3n) is 4.76. The molecule has 0 bridgehead atoms. The van der Waals surface area contributed by atoms with Crippen LogP contribution in [0.4, 0.5) is 5.95 Å². The summed E-state index contributed by atoms with van der Waals surface area (Å²) < 4.78 is 0. The van der Waals surface area contributed by atoms with Crippen molar-refractivity contribution in [3.63, 3.8) is 0 Å². The van der Waals surface area contributed by atoms with E-state index in [0.29, 0.717) is 6.54 Å². The predicted octanol–water partition coefficient (Wildman–Crippen LogP) is 1.93. The smallest absolute Gasteiger partial charge is 0.264 e. The molecule has 8 heteroatoms. The molecule has 2 aliphatic rings. The number of nitrogens with one attached hydrogen (secondary N) is 1. The lowest BCUT2D eigenvalue weighted by Gasteiger charge is -2.32. The summed E-state index contributed by atoms with van der Waals surface area (Å²) in [6.45, 7) is 2.65. The van der Waals surface area contributed by atoms with E-state index < -0.39 is 0 Å². The third-order valence-corrected chi connectivity index (χ3v) is 6.02. The first-order chi connectivity index (χ1) is 12.0. The van der Waals surface area contributed by atoms with E-state index in [0.717, 1.165) is 24.1 Å². The van der Waals surface area contributed by atoms with E-state index in [4.69, 9.17) is 0 Å². The Hall–Kier alpha value is -2.48. The molecule has 130 valence electrons. The van der Waals surface area contributed by atoms with Gasteiger partial charge in [-0.3, -0.25) is 14.9 Å². The molecule has 7 nitrogen and oxygen atoms in total. The fourth-order valence-electron chi connectivity index (χ4n) is 3.26. The lowest BCUT2D eigenvalue weighted by Crippen LogP contribution is -2.46. The highest BCUT2D eigenvalue weighted by Crippen LogP contribution is 2.54. The molecule has 0 radical (unpaired) electrons. The van der Waals surface area contributed by atoms with Crippen molar-refractivity contribution in [2.24, 2.45) is 0 Å². The molecule has 2 aromatic rings. The molecule has 0 aromatic carbocycles. The van der Waals surface area contributed by atoms with Crippen molar-refractivity contribution in [1.29, 1.82) is 0 Å². The standard InChI is InChI=1S/C17H18N4O3S/c1-2-11-5-12-14(25-11)15(24)21(9-17(12)3-4-17)8-13(23)20-16-18-6-10(22)7-19-16/h5-7,22H,2-4,8-9H2,1H3,(H,18,19,20,23). The van der Waals surface area contributed by atoms with Gasteiger partial charge in [0.15, 0.2) is 5.75 Å². The first-order valence-corrected chi connectivity index (χ1v) is 9.06. The molecule has 1 fully saturated rings. The van der Waals surface area contributed by atoms with Gasteiger partial charge in [-0.1, -0.05) is 6.92 Å². The number of hydrogen-bond donors (Lipinski definition) is 2. The van der Waals surface area contributed by atoms with Crippen LogP contribution in [0.2, 0.25) is 0 Å². The molecule has 0 atom stereocenters. The second kappa shape index (κ2) is 5.80. The zero-order chi connectivity index (χ0) is 17.6. The molecule has 0 saturated heterocycles. The van der Waals surface area contributed by atoms with Crippen LogP contribution in [0.5, 0.6) is 5.75 Å². The Morgan fingerprint density at radius 1 is 1.40 bits per heavy atom. The first-order valence-electron chi connectivity index (χ1n) is 8.24. The van der Waals surface area contributed by atoms with Crippen LogP contribution < -0.4 is 5.32 Å². The molecule has 2 aromatic heterocycles. The Bertz CT molecular complexity index is 842. The Morgan fingerprint density at radius 3 is 2.76 bits per heavy atom. The van der Waals surface area contributed by atoms with Crippen molar-refractivity contribution in [1.82, 2.24) is 14.9 Å². The number of anilines is 1. The van der Waals surface area contributed by atoms with E-state index in [1.54, 1.807) is 16.2 Å². The number of aromatic hydroxyl groups is 1. The molecule has 25 heavy (non-hydrogen) atoms. The quantitative estimate of drug-likeness (QED) is 0.871. The van der Waals surface area contributed by atoms with Gasteiger partial charge in [0.2, 0.25) is 11.9 Å². The molecular formula is C17H18N4O3S. The van der Waals surface area contributed by atoms with E-state index in [-0.39, 0.29) is 35.5 Å². The first kappa shape index (κ1) is 16.0. The molecule has 3 heterocycles. The summed E-state index contributed by atoms with van der Waals surface area (Å²) in [7, 11) is 0. The van der Waals surface area contributed by atoms with Crippen molar-refractivity contribution in [3.8, 4) is 5.75 Å². The number of thiophene rings is 1. The van der Waals surface area contributed by atoms with E-state index in [1.165, 1.54) is 22.8 Å². The van der Waals surface area contributed by atoms with Crippen LogP contribution in [-0.4, -0.2) is 44.9 Å². The summed E-state index contributed by atoms with van der Waals surface area (Å²) in [4.78, 5) is 36.3. The number of aryl methyl sites for hydroxylation is 1. The highest BCUT2D eigenvalue weighted by atomic mass is 32.1. The zero-order valence-electron chi connectivity index (χ0n) is 13.8. The average molecular weight is 358 g/mol. The van der Waals surface area contributed by atoms with Crippen molar-refractivity contribution >= 4 is 29.1 Å².